The third kappa shape index (κ3) is 5.61. The van der Waals surface area contributed by atoms with Crippen LogP contribution in [-0.2, 0) is 4.74 Å². The van der Waals surface area contributed by atoms with E-state index in [0.717, 1.165) is 32.2 Å². The van der Waals surface area contributed by atoms with Gasteiger partial charge in [0.1, 0.15) is 0 Å². The predicted octanol–water partition coefficient (Wildman–Crippen LogP) is 2.54. The van der Waals surface area contributed by atoms with E-state index in [-0.39, 0.29) is 0 Å². The highest BCUT2D eigenvalue weighted by Crippen LogP contribution is 2.22. The van der Waals surface area contributed by atoms with E-state index >= 15 is 0 Å². The molecule has 0 amide bonds. The SMILES string of the molecule is CC1CCCCC1.CN1CCOCC1. The van der Waals surface area contributed by atoms with Crippen molar-refractivity contribution < 1.29 is 4.74 Å². The number of morpholine rings is 1. The number of hydrogen-bond donors (Lipinski definition) is 0. The van der Waals surface area contributed by atoms with E-state index < -0.39 is 0 Å². The number of likely N-dealkylation sites (N-methyl/N-ethyl adjacent to an activating group) is 1. The molecule has 2 fully saturated rings. The van der Waals surface area contributed by atoms with Crippen molar-refractivity contribution in [3.8, 4) is 0 Å². The van der Waals surface area contributed by atoms with Crippen molar-refractivity contribution in [1.29, 1.82) is 0 Å². The monoisotopic (exact) mass is 199 g/mol. The summed E-state index contributed by atoms with van der Waals surface area (Å²) in [6.45, 7) is 6.38. The van der Waals surface area contributed by atoms with Crippen LogP contribution in [0, 0.1) is 5.92 Å². The van der Waals surface area contributed by atoms with Gasteiger partial charge in [0.05, 0.1) is 13.2 Å². The van der Waals surface area contributed by atoms with Gasteiger partial charge >= 0.3 is 0 Å². The van der Waals surface area contributed by atoms with Gasteiger partial charge in [0.15, 0.2) is 0 Å². The quantitative estimate of drug-likeness (QED) is 0.594. The fourth-order valence-corrected chi connectivity index (χ4v) is 1.96. The van der Waals surface area contributed by atoms with E-state index in [4.69, 9.17) is 4.74 Å². The standard InChI is InChI=1S/C7H14.C5H11NO/c1-7-5-3-2-4-6-7;1-6-2-4-7-5-3-6/h7H,2-6H2,1H3;2-5H2,1H3. The van der Waals surface area contributed by atoms with Gasteiger partial charge in [-0.1, -0.05) is 39.0 Å². The summed E-state index contributed by atoms with van der Waals surface area (Å²) in [5, 5.41) is 0. The van der Waals surface area contributed by atoms with Gasteiger partial charge in [-0.15, -0.1) is 0 Å². The van der Waals surface area contributed by atoms with Gasteiger partial charge in [0.25, 0.3) is 0 Å². The number of ether oxygens (including phenoxy) is 1. The summed E-state index contributed by atoms with van der Waals surface area (Å²) < 4.78 is 5.10. The molecule has 1 saturated heterocycles. The lowest BCUT2D eigenvalue weighted by Crippen LogP contribution is -2.32. The van der Waals surface area contributed by atoms with Gasteiger partial charge in [0.2, 0.25) is 0 Å². The molecular formula is C12H25NO. The van der Waals surface area contributed by atoms with Crippen LogP contribution in [0.4, 0.5) is 0 Å². The van der Waals surface area contributed by atoms with Crippen molar-refractivity contribution in [3.05, 3.63) is 0 Å². The zero-order valence-corrected chi connectivity index (χ0v) is 9.80. The normalized spacial score (nSPS) is 25.3. The molecule has 1 heterocycles. The lowest BCUT2D eigenvalue weighted by Gasteiger charge is -2.21. The highest BCUT2D eigenvalue weighted by molar-refractivity contribution is 4.59. The van der Waals surface area contributed by atoms with Crippen LogP contribution in [0.15, 0.2) is 0 Å². The summed E-state index contributed by atoms with van der Waals surface area (Å²) in [6, 6.07) is 0. The minimum atomic E-state index is 0.913. The Labute approximate surface area is 88.6 Å². The largest absolute Gasteiger partial charge is 0.379 e. The van der Waals surface area contributed by atoms with Crippen LogP contribution in [0.25, 0.3) is 0 Å². The van der Waals surface area contributed by atoms with Gasteiger partial charge in [-0.3, -0.25) is 0 Å². The Morgan fingerprint density at radius 2 is 1.57 bits per heavy atom. The van der Waals surface area contributed by atoms with E-state index in [1.165, 1.54) is 32.1 Å². The highest BCUT2D eigenvalue weighted by Gasteiger charge is 2.06. The second-order valence-electron chi connectivity index (χ2n) is 4.66. The van der Waals surface area contributed by atoms with Crippen LogP contribution in [-0.4, -0.2) is 38.3 Å². The zero-order chi connectivity index (χ0) is 10.2. The van der Waals surface area contributed by atoms with Gasteiger partial charge in [0, 0.05) is 13.1 Å². The zero-order valence-electron chi connectivity index (χ0n) is 9.80. The number of nitrogens with zero attached hydrogens (tertiary/aromatic N) is 1. The van der Waals surface area contributed by atoms with E-state index in [1.807, 2.05) is 0 Å². The van der Waals surface area contributed by atoms with Crippen molar-refractivity contribution in [2.24, 2.45) is 5.92 Å². The fraction of sp³-hybridized carbons (Fsp3) is 1.00. The molecule has 2 aliphatic rings. The first-order valence-corrected chi connectivity index (χ1v) is 6.05. The van der Waals surface area contributed by atoms with Crippen molar-refractivity contribution in [1.82, 2.24) is 4.90 Å². The minimum Gasteiger partial charge on any atom is -0.379 e. The Bertz CT molecular complexity index is 110. The van der Waals surface area contributed by atoms with E-state index in [1.54, 1.807) is 0 Å². The van der Waals surface area contributed by atoms with Crippen molar-refractivity contribution in [3.63, 3.8) is 0 Å². The third-order valence-electron chi connectivity index (χ3n) is 3.13. The lowest BCUT2D eigenvalue weighted by atomic mass is 9.91. The topological polar surface area (TPSA) is 12.5 Å². The summed E-state index contributed by atoms with van der Waals surface area (Å²) >= 11 is 0. The van der Waals surface area contributed by atoms with Crippen molar-refractivity contribution >= 4 is 0 Å². The molecule has 14 heavy (non-hydrogen) atoms. The summed E-state index contributed by atoms with van der Waals surface area (Å²) in [6.07, 6.45) is 7.44. The van der Waals surface area contributed by atoms with Gasteiger partial charge < -0.3 is 9.64 Å². The maximum absolute atomic E-state index is 5.10. The number of hydrogen-bond acceptors (Lipinski definition) is 2. The first-order valence-electron chi connectivity index (χ1n) is 6.05. The maximum Gasteiger partial charge on any atom is 0.0594 e. The van der Waals surface area contributed by atoms with E-state index in [9.17, 15) is 0 Å². The molecule has 1 aliphatic heterocycles. The fourth-order valence-electron chi connectivity index (χ4n) is 1.96. The molecule has 0 unspecified atom stereocenters. The molecule has 84 valence electrons. The van der Waals surface area contributed by atoms with E-state index in [0.29, 0.717) is 0 Å². The van der Waals surface area contributed by atoms with Crippen LogP contribution in [0.2, 0.25) is 0 Å². The molecule has 1 saturated carbocycles. The molecule has 0 N–H and O–H groups in total. The predicted molar refractivity (Wildman–Crippen MR) is 60.6 cm³/mol. The van der Waals surface area contributed by atoms with Crippen LogP contribution >= 0.6 is 0 Å². The van der Waals surface area contributed by atoms with Crippen LogP contribution in [0.5, 0.6) is 0 Å². The van der Waals surface area contributed by atoms with E-state index in [2.05, 4.69) is 18.9 Å². The van der Waals surface area contributed by atoms with Crippen molar-refractivity contribution in [2.75, 3.05) is 33.4 Å². The Balaban J connectivity index is 0.000000140. The summed E-state index contributed by atoms with van der Waals surface area (Å²) in [5.74, 6) is 1.04. The second kappa shape index (κ2) is 7.24. The Morgan fingerprint density at radius 3 is 1.86 bits per heavy atom. The molecule has 2 rings (SSSR count). The minimum absolute atomic E-state index is 0.913. The van der Waals surface area contributed by atoms with Gasteiger partial charge in [-0.25, -0.2) is 0 Å². The molecule has 2 nitrogen and oxygen atoms in total. The third-order valence-corrected chi connectivity index (χ3v) is 3.13. The molecule has 0 bridgehead atoms. The second-order valence-corrected chi connectivity index (χ2v) is 4.66. The molecule has 2 heteroatoms. The van der Waals surface area contributed by atoms with Crippen LogP contribution in [0.1, 0.15) is 39.0 Å². The van der Waals surface area contributed by atoms with Crippen LogP contribution < -0.4 is 0 Å². The average Bonchev–Trinajstić information content (AvgIpc) is 2.21. The van der Waals surface area contributed by atoms with Crippen LogP contribution in [0.3, 0.4) is 0 Å². The molecule has 0 radical (unpaired) electrons. The molecule has 0 atom stereocenters. The molecular weight excluding hydrogens is 174 g/mol. The molecule has 1 aliphatic carbocycles. The lowest BCUT2D eigenvalue weighted by molar-refractivity contribution is 0.0503. The summed E-state index contributed by atoms with van der Waals surface area (Å²) in [4.78, 5) is 2.27. The van der Waals surface area contributed by atoms with Crippen molar-refractivity contribution in [2.45, 2.75) is 39.0 Å². The first-order chi connectivity index (χ1) is 6.79. The maximum atomic E-state index is 5.10. The average molecular weight is 199 g/mol. The smallest absolute Gasteiger partial charge is 0.0594 e. The number of rotatable bonds is 0. The summed E-state index contributed by atoms with van der Waals surface area (Å²) in [7, 11) is 2.11. The van der Waals surface area contributed by atoms with Gasteiger partial charge in [-0.05, 0) is 13.0 Å². The Hall–Kier alpha value is -0.0800. The Kier molecular flexibility index (Phi) is 6.20. The summed E-state index contributed by atoms with van der Waals surface area (Å²) in [5.41, 5.74) is 0. The first kappa shape index (κ1) is 12.0. The van der Waals surface area contributed by atoms with Gasteiger partial charge in [-0.2, -0.15) is 0 Å². The highest BCUT2D eigenvalue weighted by atomic mass is 16.5. The molecule has 0 aromatic carbocycles. The molecule has 0 aromatic heterocycles. The molecule has 0 aromatic rings. The molecule has 0 spiro atoms. The Morgan fingerprint density at radius 1 is 1.00 bits per heavy atom.